The molecule has 2 fully saturated rings. The van der Waals surface area contributed by atoms with Gasteiger partial charge in [-0.3, -0.25) is 0 Å². The zero-order valence-electron chi connectivity index (χ0n) is 7.78. The monoisotopic (exact) mass is 203 g/mol. The highest BCUT2D eigenvalue weighted by atomic mass is 32.2. The van der Waals surface area contributed by atoms with E-state index in [2.05, 4.69) is 0 Å². The maximum atomic E-state index is 11.8. The normalized spacial score (nSPS) is 36.1. The van der Waals surface area contributed by atoms with Crippen LogP contribution < -0.4 is 5.73 Å². The van der Waals surface area contributed by atoms with Crippen LogP contribution in [0.1, 0.15) is 38.5 Å². The van der Waals surface area contributed by atoms with Gasteiger partial charge in [-0.25, -0.2) is 8.42 Å². The van der Waals surface area contributed by atoms with Crippen LogP contribution in [0.2, 0.25) is 0 Å². The molecule has 0 spiro atoms. The van der Waals surface area contributed by atoms with E-state index in [0.717, 1.165) is 32.1 Å². The molecule has 0 bridgehead atoms. The van der Waals surface area contributed by atoms with Gasteiger partial charge >= 0.3 is 0 Å². The summed E-state index contributed by atoms with van der Waals surface area (Å²) in [6.45, 7) is 0. The van der Waals surface area contributed by atoms with Crippen LogP contribution in [-0.2, 0) is 9.84 Å². The Morgan fingerprint density at radius 1 is 1.00 bits per heavy atom. The third kappa shape index (κ3) is 1.89. The van der Waals surface area contributed by atoms with Gasteiger partial charge in [-0.05, 0) is 32.1 Å². The van der Waals surface area contributed by atoms with Crippen LogP contribution in [-0.4, -0.2) is 25.0 Å². The van der Waals surface area contributed by atoms with Crippen LogP contribution in [0, 0.1) is 0 Å². The molecule has 2 N–H and O–H groups in total. The number of hydrogen-bond donors (Lipinski definition) is 1. The molecule has 0 radical (unpaired) electrons. The number of rotatable bonds is 2. The van der Waals surface area contributed by atoms with E-state index in [9.17, 15) is 8.42 Å². The summed E-state index contributed by atoms with van der Waals surface area (Å²) in [7, 11) is -2.80. The molecule has 2 aliphatic rings. The minimum Gasteiger partial charge on any atom is -0.328 e. The van der Waals surface area contributed by atoms with Gasteiger partial charge in [0.25, 0.3) is 0 Å². The lowest BCUT2D eigenvalue weighted by Crippen LogP contribution is -2.36. The molecule has 13 heavy (non-hydrogen) atoms. The second kappa shape index (κ2) is 3.24. The van der Waals surface area contributed by atoms with Crippen LogP contribution >= 0.6 is 0 Å². The first-order valence-electron chi connectivity index (χ1n) is 5.09. The third-order valence-electron chi connectivity index (χ3n) is 3.12. The van der Waals surface area contributed by atoms with Crippen LogP contribution in [0.25, 0.3) is 0 Å². The van der Waals surface area contributed by atoms with Crippen LogP contribution in [0.15, 0.2) is 0 Å². The Morgan fingerprint density at radius 3 is 2.23 bits per heavy atom. The highest BCUT2D eigenvalue weighted by Crippen LogP contribution is 2.35. The van der Waals surface area contributed by atoms with Gasteiger partial charge in [-0.2, -0.15) is 0 Å². The second-order valence-corrected chi connectivity index (χ2v) is 6.85. The van der Waals surface area contributed by atoms with Gasteiger partial charge in [0.05, 0.1) is 10.5 Å². The molecule has 0 aromatic rings. The van der Waals surface area contributed by atoms with Crippen molar-refractivity contribution in [1.82, 2.24) is 0 Å². The molecule has 2 rings (SSSR count). The summed E-state index contributed by atoms with van der Waals surface area (Å²) in [5.74, 6) is 0. The highest BCUT2D eigenvalue weighted by Gasteiger charge is 2.42. The summed E-state index contributed by atoms with van der Waals surface area (Å²) in [4.78, 5) is 0. The molecule has 2 unspecified atom stereocenters. The van der Waals surface area contributed by atoms with Crippen molar-refractivity contribution < 1.29 is 8.42 Å². The Labute approximate surface area is 79.6 Å². The molecule has 2 aliphatic carbocycles. The zero-order chi connectivity index (χ0) is 9.47. The van der Waals surface area contributed by atoms with Gasteiger partial charge < -0.3 is 5.73 Å². The number of sulfone groups is 1. The van der Waals surface area contributed by atoms with E-state index < -0.39 is 9.84 Å². The molecule has 2 atom stereocenters. The topological polar surface area (TPSA) is 60.2 Å². The lowest BCUT2D eigenvalue weighted by atomic mass is 9.96. The van der Waals surface area contributed by atoms with Gasteiger partial charge in [0.15, 0.2) is 9.84 Å². The molecule has 4 heteroatoms. The number of hydrogen-bond acceptors (Lipinski definition) is 3. The van der Waals surface area contributed by atoms with E-state index in [0.29, 0.717) is 6.42 Å². The van der Waals surface area contributed by atoms with Crippen molar-refractivity contribution in [3.05, 3.63) is 0 Å². The summed E-state index contributed by atoms with van der Waals surface area (Å²) >= 11 is 0. The van der Waals surface area contributed by atoms with Crippen molar-refractivity contribution in [3.63, 3.8) is 0 Å². The Balaban J connectivity index is 2.06. The van der Waals surface area contributed by atoms with E-state index in [1.54, 1.807) is 0 Å². The largest absolute Gasteiger partial charge is 0.328 e. The fourth-order valence-corrected chi connectivity index (χ4v) is 4.50. The van der Waals surface area contributed by atoms with Crippen molar-refractivity contribution in [2.45, 2.75) is 55.1 Å². The summed E-state index contributed by atoms with van der Waals surface area (Å²) < 4.78 is 23.7. The Hall–Kier alpha value is -0.0900. The van der Waals surface area contributed by atoms with Crippen molar-refractivity contribution in [2.75, 3.05) is 0 Å². The SMILES string of the molecule is NC1CCCC(S(=O)(=O)C2CC2)C1. The lowest BCUT2D eigenvalue weighted by Gasteiger charge is -2.26. The lowest BCUT2D eigenvalue weighted by molar-refractivity contribution is 0.432. The fraction of sp³-hybridized carbons (Fsp3) is 1.00. The van der Waals surface area contributed by atoms with Gasteiger partial charge in [0.2, 0.25) is 0 Å². The standard InChI is InChI=1S/C9H17NO2S/c10-7-2-1-3-9(6-7)13(11,12)8-4-5-8/h7-9H,1-6,10H2. The average Bonchev–Trinajstić information content (AvgIpc) is 2.86. The third-order valence-corrected chi connectivity index (χ3v) is 5.88. The predicted molar refractivity (Wildman–Crippen MR) is 52.2 cm³/mol. The summed E-state index contributed by atoms with van der Waals surface area (Å²) in [6.07, 6.45) is 5.28. The average molecular weight is 203 g/mol. The molecule has 0 heterocycles. The number of nitrogens with two attached hydrogens (primary N) is 1. The molecule has 0 aliphatic heterocycles. The minimum absolute atomic E-state index is 0.0113. The molecule has 0 aromatic carbocycles. The summed E-state index contributed by atoms with van der Waals surface area (Å²) in [6, 6.07) is 0.118. The molecule has 0 amide bonds. The zero-order valence-corrected chi connectivity index (χ0v) is 8.59. The van der Waals surface area contributed by atoms with Crippen molar-refractivity contribution >= 4 is 9.84 Å². The molecule has 0 saturated heterocycles. The minimum atomic E-state index is -2.80. The van der Waals surface area contributed by atoms with Crippen LogP contribution in [0.3, 0.4) is 0 Å². The van der Waals surface area contributed by atoms with Crippen molar-refractivity contribution in [1.29, 1.82) is 0 Å². The van der Waals surface area contributed by atoms with Gasteiger partial charge in [0.1, 0.15) is 0 Å². The Kier molecular flexibility index (Phi) is 2.36. The maximum absolute atomic E-state index is 11.8. The first-order valence-corrected chi connectivity index (χ1v) is 6.70. The van der Waals surface area contributed by atoms with Crippen molar-refractivity contribution in [3.8, 4) is 0 Å². The first kappa shape index (κ1) is 9.46. The van der Waals surface area contributed by atoms with Gasteiger partial charge in [0, 0.05) is 6.04 Å². The molecule has 2 saturated carbocycles. The van der Waals surface area contributed by atoms with E-state index in [1.165, 1.54) is 0 Å². The Morgan fingerprint density at radius 2 is 1.69 bits per heavy atom. The summed E-state index contributed by atoms with van der Waals surface area (Å²) in [5.41, 5.74) is 5.78. The van der Waals surface area contributed by atoms with Crippen molar-refractivity contribution in [2.24, 2.45) is 5.73 Å². The first-order chi connectivity index (χ1) is 6.10. The van der Waals surface area contributed by atoms with E-state index in [1.807, 2.05) is 0 Å². The van der Waals surface area contributed by atoms with Crippen LogP contribution in [0.4, 0.5) is 0 Å². The molecular formula is C9H17NO2S. The van der Waals surface area contributed by atoms with E-state index >= 15 is 0 Å². The smallest absolute Gasteiger partial charge is 0.156 e. The molecular weight excluding hydrogens is 186 g/mol. The Bertz CT molecular complexity index is 282. The van der Waals surface area contributed by atoms with Gasteiger partial charge in [-0.1, -0.05) is 6.42 Å². The maximum Gasteiger partial charge on any atom is 0.156 e. The molecule has 0 aromatic heterocycles. The molecule has 3 nitrogen and oxygen atoms in total. The van der Waals surface area contributed by atoms with Crippen LogP contribution in [0.5, 0.6) is 0 Å². The second-order valence-electron chi connectivity index (χ2n) is 4.34. The van der Waals surface area contributed by atoms with E-state index in [-0.39, 0.29) is 16.5 Å². The quantitative estimate of drug-likeness (QED) is 0.723. The predicted octanol–water partition coefficient (Wildman–Crippen LogP) is 0.833. The molecule has 76 valence electrons. The van der Waals surface area contributed by atoms with E-state index in [4.69, 9.17) is 5.73 Å². The van der Waals surface area contributed by atoms with Gasteiger partial charge in [-0.15, -0.1) is 0 Å². The fourth-order valence-electron chi connectivity index (χ4n) is 2.15. The highest BCUT2D eigenvalue weighted by molar-refractivity contribution is 7.92. The summed E-state index contributed by atoms with van der Waals surface area (Å²) in [5, 5.41) is -0.133.